The molecular formula is C13H14F3N3O. The molecule has 0 bridgehead atoms. The number of alkyl halides is 3. The first kappa shape index (κ1) is 14.4. The Morgan fingerprint density at radius 2 is 2.15 bits per heavy atom. The van der Waals surface area contributed by atoms with E-state index in [1.54, 1.807) is 19.3 Å². The van der Waals surface area contributed by atoms with E-state index in [0.29, 0.717) is 24.6 Å². The van der Waals surface area contributed by atoms with Crippen LogP contribution >= 0.6 is 0 Å². The number of hydrogen-bond donors (Lipinski definition) is 1. The molecule has 1 aromatic carbocycles. The number of aromatic nitrogens is 2. The highest BCUT2D eigenvalue weighted by atomic mass is 19.4. The monoisotopic (exact) mass is 285 g/mol. The summed E-state index contributed by atoms with van der Waals surface area (Å²) in [5, 5.41) is 6.92. The number of likely N-dealkylation sites (N-methyl/N-ethyl adjacent to an activating group) is 1. The first-order chi connectivity index (χ1) is 9.50. The van der Waals surface area contributed by atoms with Gasteiger partial charge in [-0.15, -0.1) is 0 Å². The zero-order chi connectivity index (χ0) is 14.6. The van der Waals surface area contributed by atoms with E-state index >= 15 is 0 Å². The van der Waals surface area contributed by atoms with E-state index in [0.717, 1.165) is 12.1 Å². The fraction of sp³-hybridized carbons (Fsp3) is 0.308. The van der Waals surface area contributed by atoms with E-state index in [1.165, 1.54) is 16.9 Å². The molecule has 2 aromatic rings. The van der Waals surface area contributed by atoms with Crippen LogP contribution in [-0.2, 0) is 6.18 Å². The number of halogens is 3. The summed E-state index contributed by atoms with van der Waals surface area (Å²) in [5.74, 6) is 0.512. The summed E-state index contributed by atoms with van der Waals surface area (Å²) in [6.45, 7) is 1.14. The highest BCUT2D eigenvalue weighted by molar-refractivity contribution is 5.37. The summed E-state index contributed by atoms with van der Waals surface area (Å²) in [4.78, 5) is 0. The van der Waals surface area contributed by atoms with Crippen LogP contribution in [0.4, 0.5) is 13.2 Å². The largest absolute Gasteiger partial charge is 0.489 e. The predicted octanol–water partition coefficient (Wildman–Crippen LogP) is 2.49. The van der Waals surface area contributed by atoms with Crippen LogP contribution < -0.4 is 10.1 Å². The lowest BCUT2D eigenvalue weighted by Gasteiger charge is -2.08. The molecule has 0 radical (unpaired) electrons. The summed E-state index contributed by atoms with van der Waals surface area (Å²) in [7, 11) is 1.80. The van der Waals surface area contributed by atoms with Gasteiger partial charge in [-0.25, -0.2) is 4.68 Å². The van der Waals surface area contributed by atoms with Crippen LogP contribution in [-0.4, -0.2) is 30.0 Å². The second kappa shape index (κ2) is 5.96. The molecule has 0 unspecified atom stereocenters. The first-order valence-corrected chi connectivity index (χ1v) is 6.00. The lowest BCUT2D eigenvalue weighted by Crippen LogP contribution is -2.15. The Bertz CT molecular complexity index is 566. The van der Waals surface area contributed by atoms with E-state index in [-0.39, 0.29) is 0 Å². The molecule has 20 heavy (non-hydrogen) atoms. The quantitative estimate of drug-likeness (QED) is 0.858. The van der Waals surface area contributed by atoms with E-state index in [1.807, 2.05) is 0 Å². The van der Waals surface area contributed by atoms with Crippen molar-refractivity contribution in [1.29, 1.82) is 0 Å². The van der Waals surface area contributed by atoms with Crippen molar-refractivity contribution >= 4 is 0 Å². The third-order valence-electron chi connectivity index (χ3n) is 2.62. The number of nitrogens with one attached hydrogen (secondary N) is 1. The zero-order valence-electron chi connectivity index (χ0n) is 10.8. The number of rotatable bonds is 5. The minimum Gasteiger partial charge on any atom is -0.489 e. The third-order valence-corrected chi connectivity index (χ3v) is 2.62. The van der Waals surface area contributed by atoms with Gasteiger partial charge in [-0.1, -0.05) is 6.07 Å². The van der Waals surface area contributed by atoms with Gasteiger partial charge in [-0.3, -0.25) is 0 Å². The Morgan fingerprint density at radius 1 is 1.35 bits per heavy atom. The van der Waals surface area contributed by atoms with Gasteiger partial charge in [0.15, 0.2) is 5.75 Å². The average Bonchev–Trinajstić information content (AvgIpc) is 2.87. The maximum atomic E-state index is 12.6. The minimum atomic E-state index is -4.37. The molecular weight excluding hydrogens is 271 g/mol. The van der Waals surface area contributed by atoms with Crippen molar-refractivity contribution < 1.29 is 17.9 Å². The third kappa shape index (κ3) is 3.51. The normalized spacial score (nSPS) is 11.6. The van der Waals surface area contributed by atoms with E-state index in [9.17, 15) is 13.2 Å². The van der Waals surface area contributed by atoms with Crippen molar-refractivity contribution in [2.75, 3.05) is 20.2 Å². The van der Waals surface area contributed by atoms with Crippen LogP contribution in [0.15, 0.2) is 36.7 Å². The summed E-state index contributed by atoms with van der Waals surface area (Å²) >= 11 is 0. The van der Waals surface area contributed by atoms with Crippen LogP contribution in [0.3, 0.4) is 0 Å². The molecule has 108 valence electrons. The molecule has 0 aliphatic heterocycles. The van der Waals surface area contributed by atoms with E-state index in [2.05, 4.69) is 10.4 Å². The van der Waals surface area contributed by atoms with Gasteiger partial charge in [0.1, 0.15) is 6.61 Å². The molecule has 1 aromatic heterocycles. The maximum absolute atomic E-state index is 12.6. The molecule has 0 saturated carbocycles. The molecule has 0 saturated heterocycles. The van der Waals surface area contributed by atoms with Gasteiger partial charge in [-0.2, -0.15) is 18.3 Å². The Kier molecular flexibility index (Phi) is 4.29. The van der Waals surface area contributed by atoms with Gasteiger partial charge in [0.2, 0.25) is 0 Å². The second-order valence-corrected chi connectivity index (χ2v) is 4.12. The summed E-state index contributed by atoms with van der Waals surface area (Å²) in [6.07, 6.45) is -1.35. The molecule has 4 nitrogen and oxygen atoms in total. The molecule has 2 rings (SSSR count). The summed E-state index contributed by atoms with van der Waals surface area (Å²) in [6, 6.07) is 4.97. The van der Waals surface area contributed by atoms with Crippen LogP contribution in [0.5, 0.6) is 5.75 Å². The highest BCUT2D eigenvalue weighted by Gasteiger charge is 2.30. The molecule has 0 aliphatic rings. The van der Waals surface area contributed by atoms with Crippen molar-refractivity contribution in [2.24, 2.45) is 0 Å². The molecule has 0 amide bonds. The van der Waals surface area contributed by atoms with Gasteiger partial charge in [-0.05, 0) is 25.2 Å². The van der Waals surface area contributed by atoms with Gasteiger partial charge >= 0.3 is 6.18 Å². The standard InChI is InChI=1S/C13H14F3N3O/c1-17-5-6-20-12-8-18-19(9-12)11-4-2-3-10(7-11)13(14,15)16/h2-4,7-9,17H,5-6H2,1H3. The van der Waals surface area contributed by atoms with Crippen molar-refractivity contribution in [2.45, 2.75) is 6.18 Å². The number of hydrogen-bond acceptors (Lipinski definition) is 3. The molecule has 0 spiro atoms. The SMILES string of the molecule is CNCCOc1cnn(-c2cccc(C(F)(F)F)c2)c1. The topological polar surface area (TPSA) is 39.1 Å². The predicted molar refractivity (Wildman–Crippen MR) is 68.0 cm³/mol. The van der Waals surface area contributed by atoms with Crippen LogP contribution in [0.2, 0.25) is 0 Å². The van der Waals surface area contributed by atoms with Gasteiger partial charge in [0.25, 0.3) is 0 Å². The van der Waals surface area contributed by atoms with E-state index < -0.39 is 11.7 Å². The van der Waals surface area contributed by atoms with Gasteiger partial charge < -0.3 is 10.1 Å². The zero-order valence-corrected chi connectivity index (χ0v) is 10.8. The molecule has 7 heteroatoms. The molecule has 0 fully saturated rings. The van der Waals surface area contributed by atoms with Crippen molar-refractivity contribution in [3.63, 3.8) is 0 Å². The molecule has 1 heterocycles. The Morgan fingerprint density at radius 3 is 2.85 bits per heavy atom. The lowest BCUT2D eigenvalue weighted by atomic mass is 10.2. The summed E-state index contributed by atoms with van der Waals surface area (Å²) in [5.41, 5.74) is -0.369. The Balaban J connectivity index is 2.16. The fourth-order valence-corrected chi connectivity index (χ4v) is 1.62. The molecule has 1 N–H and O–H groups in total. The summed E-state index contributed by atoms with van der Waals surface area (Å²) < 4.78 is 44.6. The smallest absolute Gasteiger partial charge is 0.416 e. The van der Waals surface area contributed by atoms with E-state index in [4.69, 9.17) is 4.74 Å². The van der Waals surface area contributed by atoms with Gasteiger partial charge in [0, 0.05) is 6.54 Å². The van der Waals surface area contributed by atoms with Crippen LogP contribution in [0, 0.1) is 0 Å². The first-order valence-electron chi connectivity index (χ1n) is 6.00. The van der Waals surface area contributed by atoms with Crippen molar-refractivity contribution in [3.8, 4) is 11.4 Å². The van der Waals surface area contributed by atoms with Gasteiger partial charge in [0.05, 0.1) is 23.6 Å². The lowest BCUT2D eigenvalue weighted by molar-refractivity contribution is -0.137. The molecule has 0 aliphatic carbocycles. The number of ether oxygens (including phenoxy) is 1. The maximum Gasteiger partial charge on any atom is 0.416 e. The molecule has 0 atom stereocenters. The van der Waals surface area contributed by atoms with Crippen molar-refractivity contribution in [3.05, 3.63) is 42.2 Å². The number of benzene rings is 1. The number of nitrogens with zero attached hydrogens (tertiary/aromatic N) is 2. The Labute approximate surface area is 114 Å². The van der Waals surface area contributed by atoms with Crippen LogP contribution in [0.1, 0.15) is 5.56 Å². The fourth-order valence-electron chi connectivity index (χ4n) is 1.62. The average molecular weight is 285 g/mol. The van der Waals surface area contributed by atoms with Crippen molar-refractivity contribution in [1.82, 2.24) is 15.1 Å². The Hall–Kier alpha value is -2.02. The second-order valence-electron chi connectivity index (χ2n) is 4.12. The van der Waals surface area contributed by atoms with Crippen LogP contribution in [0.25, 0.3) is 5.69 Å². The minimum absolute atomic E-state index is 0.336. The highest BCUT2D eigenvalue weighted by Crippen LogP contribution is 2.30.